The van der Waals surface area contributed by atoms with E-state index < -0.39 is 10.0 Å². The third-order valence-electron chi connectivity index (χ3n) is 6.33. The first-order chi connectivity index (χ1) is 18.6. The molecule has 0 spiro atoms. The van der Waals surface area contributed by atoms with Crippen LogP contribution in [-0.2, 0) is 23.6 Å². The predicted octanol–water partition coefficient (Wildman–Crippen LogP) is 5.52. The van der Waals surface area contributed by atoms with Gasteiger partial charge in [0.2, 0.25) is 21.9 Å². The van der Waals surface area contributed by atoms with Crippen molar-refractivity contribution >= 4 is 74.2 Å². The van der Waals surface area contributed by atoms with Crippen LogP contribution in [0.15, 0.2) is 77.8 Å². The van der Waals surface area contributed by atoms with E-state index in [0.717, 1.165) is 28.2 Å². The second-order valence-corrected chi connectivity index (χ2v) is 11.1. The summed E-state index contributed by atoms with van der Waals surface area (Å²) in [6.45, 7) is 2.28. The number of nitrogens with zero attached hydrogens (tertiary/aromatic N) is 5. The van der Waals surface area contributed by atoms with E-state index in [1.54, 1.807) is 31.3 Å². The van der Waals surface area contributed by atoms with Gasteiger partial charge in [0.05, 0.1) is 15.9 Å². The van der Waals surface area contributed by atoms with Crippen LogP contribution in [0.5, 0.6) is 0 Å². The highest BCUT2D eigenvalue weighted by molar-refractivity contribution is 7.89. The van der Waals surface area contributed by atoms with Gasteiger partial charge in [-0.05, 0) is 66.6 Å². The van der Waals surface area contributed by atoms with Gasteiger partial charge in [-0.15, -0.1) is 12.4 Å². The SMILES string of the molecule is Cc1ccc(Nc2nccc(N(C)c3ccc4c(c3)nc(NCc3cccc(Cl)c3)n4C)n2)cc1S(N)(=O)=O.Cl. The maximum atomic E-state index is 11.9. The second kappa shape index (κ2) is 11.7. The molecule has 5 aromatic rings. The number of hydrogen-bond acceptors (Lipinski definition) is 8. The lowest BCUT2D eigenvalue weighted by molar-refractivity contribution is 0.597. The van der Waals surface area contributed by atoms with Crippen LogP contribution < -0.4 is 20.7 Å². The number of anilines is 5. The highest BCUT2D eigenvalue weighted by Gasteiger charge is 2.15. The van der Waals surface area contributed by atoms with Crippen molar-refractivity contribution in [1.82, 2.24) is 19.5 Å². The topological polar surface area (TPSA) is 131 Å². The quantitative estimate of drug-likeness (QED) is 0.213. The molecule has 0 saturated heterocycles. The highest BCUT2D eigenvalue weighted by Crippen LogP contribution is 2.28. The van der Waals surface area contributed by atoms with Crippen molar-refractivity contribution < 1.29 is 8.42 Å². The Kier molecular flexibility index (Phi) is 8.50. The van der Waals surface area contributed by atoms with Gasteiger partial charge in [0.25, 0.3) is 0 Å². The zero-order valence-corrected chi connectivity index (χ0v) is 24.3. The van der Waals surface area contributed by atoms with E-state index in [1.807, 2.05) is 66.0 Å². The smallest absolute Gasteiger partial charge is 0.238 e. The molecule has 0 bridgehead atoms. The van der Waals surface area contributed by atoms with Crippen molar-refractivity contribution in [2.45, 2.75) is 18.4 Å². The van der Waals surface area contributed by atoms with Crippen LogP contribution in [0.1, 0.15) is 11.1 Å². The largest absolute Gasteiger partial charge is 0.352 e. The van der Waals surface area contributed by atoms with Crippen LogP contribution in [0.2, 0.25) is 5.02 Å². The molecule has 0 aliphatic carbocycles. The minimum absolute atomic E-state index is 0. The van der Waals surface area contributed by atoms with E-state index in [4.69, 9.17) is 21.7 Å². The number of nitrogens with one attached hydrogen (secondary N) is 2. The summed E-state index contributed by atoms with van der Waals surface area (Å²) in [6.07, 6.45) is 1.63. The van der Waals surface area contributed by atoms with E-state index in [2.05, 4.69) is 20.6 Å². The fourth-order valence-corrected chi connectivity index (χ4v) is 5.25. The van der Waals surface area contributed by atoms with Crippen LogP contribution in [0.25, 0.3) is 11.0 Å². The molecule has 13 heteroatoms. The number of fused-ring (bicyclic) bond motifs is 1. The van der Waals surface area contributed by atoms with Crippen molar-refractivity contribution in [1.29, 1.82) is 0 Å². The maximum absolute atomic E-state index is 11.9. The molecule has 0 radical (unpaired) electrons. The lowest BCUT2D eigenvalue weighted by Crippen LogP contribution is -2.14. The molecule has 10 nitrogen and oxygen atoms in total. The van der Waals surface area contributed by atoms with E-state index >= 15 is 0 Å². The average molecular weight is 600 g/mol. The number of imidazole rings is 1. The van der Waals surface area contributed by atoms with E-state index in [0.29, 0.717) is 34.6 Å². The number of primary sulfonamides is 1. The molecule has 0 fully saturated rings. The molecule has 0 unspecified atom stereocenters. The van der Waals surface area contributed by atoms with Gasteiger partial charge in [-0.2, -0.15) is 4.98 Å². The Balaban J connectivity index is 0.00000370. The predicted molar refractivity (Wildman–Crippen MR) is 163 cm³/mol. The fourth-order valence-electron chi connectivity index (χ4n) is 4.22. The Hall–Kier alpha value is -3.90. The van der Waals surface area contributed by atoms with Crippen molar-refractivity contribution in [3.8, 4) is 0 Å². The zero-order valence-electron chi connectivity index (χ0n) is 22.0. The maximum Gasteiger partial charge on any atom is 0.238 e. The third kappa shape index (κ3) is 6.28. The first-order valence-electron chi connectivity index (χ1n) is 12.0. The molecule has 0 aliphatic rings. The zero-order chi connectivity index (χ0) is 27.7. The number of benzene rings is 3. The normalized spacial score (nSPS) is 11.2. The van der Waals surface area contributed by atoms with Crippen LogP contribution in [0.3, 0.4) is 0 Å². The van der Waals surface area contributed by atoms with E-state index in [9.17, 15) is 8.42 Å². The van der Waals surface area contributed by atoms with Gasteiger partial charge in [-0.3, -0.25) is 0 Å². The molecule has 0 atom stereocenters. The molecule has 5 rings (SSSR count). The minimum Gasteiger partial charge on any atom is -0.352 e. The Morgan fingerprint density at radius 3 is 2.60 bits per heavy atom. The lowest BCUT2D eigenvalue weighted by atomic mass is 10.2. The molecule has 0 amide bonds. The summed E-state index contributed by atoms with van der Waals surface area (Å²) in [6, 6.07) is 20.4. The molecule has 0 aliphatic heterocycles. The molecular weight excluding hydrogens is 571 g/mol. The number of halogens is 2. The summed E-state index contributed by atoms with van der Waals surface area (Å²) >= 11 is 6.11. The second-order valence-electron chi connectivity index (χ2n) is 9.10. The van der Waals surface area contributed by atoms with E-state index in [1.165, 1.54) is 6.07 Å². The first kappa shape index (κ1) is 29.1. The minimum atomic E-state index is -3.85. The Morgan fingerprint density at radius 2 is 1.85 bits per heavy atom. The fraction of sp³-hybridized carbons (Fsp3) is 0.148. The lowest BCUT2D eigenvalue weighted by Gasteiger charge is -2.19. The standard InChI is InChI=1S/C27H27ClN8O2S.ClH/c1-17-7-8-20(14-24(17)39(29,37)38)32-26-30-12-11-25(34-26)35(2)21-9-10-23-22(15-21)33-27(36(23)3)31-16-18-5-4-6-19(28)13-18;/h4-15H,16H2,1-3H3,(H,31,33)(H2,29,37,38)(H,30,32,34);1H. The van der Waals surface area contributed by atoms with Gasteiger partial charge in [0, 0.05) is 43.2 Å². The molecule has 4 N–H and O–H groups in total. The number of aryl methyl sites for hydroxylation is 2. The summed E-state index contributed by atoms with van der Waals surface area (Å²) in [4.78, 5) is 15.6. The molecule has 3 aromatic carbocycles. The average Bonchev–Trinajstić information content (AvgIpc) is 3.22. The van der Waals surface area contributed by atoms with Gasteiger partial charge in [-0.25, -0.2) is 23.5 Å². The molecule has 208 valence electrons. The van der Waals surface area contributed by atoms with Crippen molar-refractivity contribution in [2.24, 2.45) is 12.2 Å². The first-order valence-corrected chi connectivity index (χ1v) is 13.9. The molecule has 40 heavy (non-hydrogen) atoms. The monoisotopic (exact) mass is 598 g/mol. The Bertz CT molecular complexity index is 1790. The number of hydrogen-bond donors (Lipinski definition) is 3. The van der Waals surface area contributed by atoms with Crippen LogP contribution in [0.4, 0.5) is 29.1 Å². The molecular formula is C27H28Cl2N8O2S. The van der Waals surface area contributed by atoms with Gasteiger partial charge in [-0.1, -0.05) is 29.8 Å². The summed E-state index contributed by atoms with van der Waals surface area (Å²) in [5.74, 6) is 1.70. The number of nitrogens with two attached hydrogens (primary N) is 1. The highest BCUT2D eigenvalue weighted by atomic mass is 35.5. The van der Waals surface area contributed by atoms with Crippen molar-refractivity contribution in [2.75, 3.05) is 22.6 Å². The Morgan fingerprint density at radius 1 is 1.05 bits per heavy atom. The summed E-state index contributed by atoms with van der Waals surface area (Å²) in [7, 11) is 0.0168. The Labute approximate surface area is 243 Å². The van der Waals surface area contributed by atoms with Gasteiger partial charge >= 0.3 is 0 Å². The van der Waals surface area contributed by atoms with Gasteiger partial charge < -0.3 is 20.1 Å². The molecule has 0 saturated carbocycles. The number of aromatic nitrogens is 4. The van der Waals surface area contributed by atoms with Crippen molar-refractivity contribution in [3.63, 3.8) is 0 Å². The van der Waals surface area contributed by atoms with Crippen LogP contribution >= 0.6 is 24.0 Å². The molecule has 2 heterocycles. The summed E-state index contributed by atoms with van der Waals surface area (Å²) < 4.78 is 25.8. The third-order valence-corrected chi connectivity index (χ3v) is 7.61. The number of rotatable bonds is 8. The summed E-state index contributed by atoms with van der Waals surface area (Å²) in [5, 5.41) is 12.5. The van der Waals surface area contributed by atoms with Gasteiger partial charge in [0.15, 0.2) is 0 Å². The van der Waals surface area contributed by atoms with Crippen LogP contribution in [-0.4, -0.2) is 35.0 Å². The van der Waals surface area contributed by atoms with Crippen molar-refractivity contribution in [3.05, 3.63) is 89.1 Å². The van der Waals surface area contributed by atoms with Crippen LogP contribution in [0, 0.1) is 6.92 Å². The molecule has 2 aromatic heterocycles. The summed E-state index contributed by atoms with van der Waals surface area (Å²) in [5.41, 5.74) is 4.84. The van der Waals surface area contributed by atoms with Gasteiger partial charge in [0.1, 0.15) is 5.82 Å². The number of sulfonamides is 1. The van der Waals surface area contributed by atoms with E-state index in [-0.39, 0.29) is 17.3 Å².